The number of nitrogens with zero attached hydrogens (tertiary/aromatic N) is 1. The summed E-state index contributed by atoms with van der Waals surface area (Å²) in [4.78, 5) is 29.0. The molecule has 0 bridgehead atoms. The molecule has 3 rings (SSSR count). The van der Waals surface area contributed by atoms with Gasteiger partial charge in [-0.1, -0.05) is 23.9 Å². The Morgan fingerprint density at radius 1 is 1.12 bits per heavy atom. The highest BCUT2D eigenvalue weighted by Gasteiger charge is 2.35. The van der Waals surface area contributed by atoms with Crippen LogP contribution < -0.4 is 10.1 Å². The molecule has 0 aromatic heterocycles. The maximum Gasteiger partial charge on any atom is 0.416 e. The third kappa shape index (κ3) is 6.31. The Bertz CT molecular complexity index is 1060. The normalized spacial score (nSPS) is 17.8. The summed E-state index contributed by atoms with van der Waals surface area (Å²) < 4.78 is 71.9. The standard InChI is InChI=1S/C22H19F5N2O3S/c1-21(23,24)13-7-12(8-14(10-13)22(25,26)27)9-15(30)11-18-19(31)29-20(33-18)28-16-5-3-4-6-17(16)32-2/h3-8,10,18H,9,11H2,1-2H3,(H,28,29,31). The van der Waals surface area contributed by atoms with Crippen molar-refractivity contribution in [2.75, 3.05) is 7.11 Å². The van der Waals surface area contributed by atoms with Crippen LogP contribution in [0.4, 0.5) is 27.6 Å². The molecule has 1 heterocycles. The molecule has 1 fully saturated rings. The van der Waals surface area contributed by atoms with E-state index in [2.05, 4.69) is 10.3 Å². The summed E-state index contributed by atoms with van der Waals surface area (Å²) in [5.41, 5.74) is -1.83. The van der Waals surface area contributed by atoms with Gasteiger partial charge in [0.15, 0.2) is 5.17 Å². The van der Waals surface area contributed by atoms with Crippen LogP contribution in [0.25, 0.3) is 0 Å². The van der Waals surface area contributed by atoms with Crippen molar-refractivity contribution < 1.29 is 36.3 Å². The van der Waals surface area contributed by atoms with Crippen molar-refractivity contribution in [2.45, 2.75) is 37.1 Å². The van der Waals surface area contributed by atoms with E-state index in [4.69, 9.17) is 4.74 Å². The highest BCUT2D eigenvalue weighted by atomic mass is 32.2. The van der Waals surface area contributed by atoms with Gasteiger partial charge in [0, 0.05) is 25.3 Å². The lowest BCUT2D eigenvalue weighted by molar-refractivity contribution is -0.138. The van der Waals surface area contributed by atoms with Crippen LogP contribution in [0.15, 0.2) is 47.5 Å². The smallest absolute Gasteiger partial charge is 0.416 e. The first kappa shape index (κ1) is 24.7. The molecule has 1 aliphatic heterocycles. The molecule has 1 amide bonds. The van der Waals surface area contributed by atoms with Gasteiger partial charge in [0.2, 0.25) is 5.91 Å². The van der Waals surface area contributed by atoms with E-state index in [0.717, 1.165) is 17.8 Å². The van der Waals surface area contributed by atoms with Crippen LogP contribution in [0.3, 0.4) is 0 Å². The number of aliphatic imine (C=N–C) groups is 1. The van der Waals surface area contributed by atoms with E-state index in [-0.39, 0.29) is 17.2 Å². The highest BCUT2D eigenvalue weighted by molar-refractivity contribution is 8.15. The van der Waals surface area contributed by atoms with E-state index >= 15 is 0 Å². The molecule has 0 aliphatic carbocycles. The van der Waals surface area contributed by atoms with Crippen LogP contribution in [-0.2, 0) is 28.1 Å². The molecule has 0 saturated carbocycles. The van der Waals surface area contributed by atoms with E-state index in [0.29, 0.717) is 30.5 Å². The van der Waals surface area contributed by atoms with Crippen LogP contribution in [0.1, 0.15) is 30.0 Å². The van der Waals surface area contributed by atoms with Crippen LogP contribution in [0.2, 0.25) is 0 Å². The summed E-state index contributed by atoms with van der Waals surface area (Å²) in [6, 6.07) is 8.75. The number of hydrogen-bond acceptors (Lipinski definition) is 5. The minimum atomic E-state index is -4.84. The summed E-state index contributed by atoms with van der Waals surface area (Å²) in [6.45, 7) is 0.482. The number of Topliss-reactive ketones (excluding diaryl/α,β-unsaturated/α-hetero) is 1. The monoisotopic (exact) mass is 486 g/mol. The van der Waals surface area contributed by atoms with Crippen LogP contribution in [0, 0.1) is 0 Å². The van der Waals surface area contributed by atoms with E-state index in [1.54, 1.807) is 24.3 Å². The van der Waals surface area contributed by atoms with Crippen molar-refractivity contribution in [3.05, 3.63) is 59.2 Å². The average Bonchev–Trinajstić information content (AvgIpc) is 3.05. The minimum absolute atomic E-state index is 0.197. The molecule has 176 valence electrons. The number of para-hydroxylation sites is 2. The van der Waals surface area contributed by atoms with Gasteiger partial charge in [-0.2, -0.15) is 13.2 Å². The zero-order chi connectivity index (χ0) is 24.4. The Morgan fingerprint density at radius 3 is 2.42 bits per heavy atom. The number of rotatable bonds is 7. The van der Waals surface area contributed by atoms with Gasteiger partial charge in [0.25, 0.3) is 5.92 Å². The average molecular weight is 486 g/mol. The third-order valence-corrected chi connectivity index (χ3v) is 5.81. The number of benzene rings is 2. The lowest BCUT2D eigenvalue weighted by Crippen LogP contribution is -2.26. The van der Waals surface area contributed by atoms with Gasteiger partial charge in [0.05, 0.1) is 17.9 Å². The lowest BCUT2D eigenvalue weighted by Gasteiger charge is -2.16. The van der Waals surface area contributed by atoms with E-state index < -0.39 is 46.6 Å². The molecule has 0 spiro atoms. The van der Waals surface area contributed by atoms with Gasteiger partial charge in [-0.3, -0.25) is 9.59 Å². The van der Waals surface area contributed by atoms with Crippen molar-refractivity contribution in [1.29, 1.82) is 0 Å². The first-order valence-corrected chi connectivity index (χ1v) is 10.5. The molecule has 0 radical (unpaired) electrons. The summed E-state index contributed by atoms with van der Waals surface area (Å²) in [6.07, 6.45) is -5.66. The fourth-order valence-electron chi connectivity index (χ4n) is 3.14. The molecule has 2 aromatic carbocycles. The summed E-state index contributed by atoms with van der Waals surface area (Å²) in [7, 11) is 1.47. The number of thioether (sulfide) groups is 1. The largest absolute Gasteiger partial charge is 0.494 e. The number of amides is 1. The second-order valence-corrected chi connectivity index (χ2v) is 8.60. The minimum Gasteiger partial charge on any atom is -0.494 e. The van der Waals surface area contributed by atoms with E-state index in [1.807, 2.05) is 0 Å². The molecule has 11 heteroatoms. The van der Waals surface area contributed by atoms with Crippen molar-refractivity contribution in [1.82, 2.24) is 5.32 Å². The zero-order valence-corrected chi connectivity index (χ0v) is 18.3. The lowest BCUT2D eigenvalue weighted by atomic mass is 9.97. The number of alkyl halides is 5. The third-order valence-electron chi connectivity index (χ3n) is 4.73. The molecular weight excluding hydrogens is 467 g/mol. The molecule has 33 heavy (non-hydrogen) atoms. The number of carbonyl (C=O) groups is 2. The maximum absolute atomic E-state index is 13.7. The Hall–Kier alpha value is -2.95. The first-order chi connectivity index (χ1) is 15.4. The van der Waals surface area contributed by atoms with Gasteiger partial charge < -0.3 is 10.1 Å². The van der Waals surface area contributed by atoms with Crippen LogP contribution in [0.5, 0.6) is 5.75 Å². The fraction of sp³-hybridized carbons (Fsp3) is 0.318. The van der Waals surface area contributed by atoms with Gasteiger partial charge in [-0.15, -0.1) is 0 Å². The van der Waals surface area contributed by atoms with Gasteiger partial charge in [-0.05, 0) is 35.9 Å². The second-order valence-electron chi connectivity index (χ2n) is 7.41. The highest BCUT2D eigenvalue weighted by Crippen LogP contribution is 2.36. The number of methoxy groups -OCH3 is 1. The Kier molecular flexibility index (Phi) is 7.11. The van der Waals surface area contributed by atoms with Crippen molar-refractivity contribution in [3.63, 3.8) is 0 Å². The molecule has 5 nitrogen and oxygen atoms in total. The Balaban J connectivity index is 1.73. The summed E-state index contributed by atoms with van der Waals surface area (Å²) in [5.74, 6) is -4.07. The predicted octanol–water partition coefficient (Wildman–Crippen LogP) is 5.25. The quantitative estimate of drug-likeness (QED) is 0.543. The molecule has 1 atom stereocenters. The Morgan fingerprint density at radius 2 is 1.79 bits per heavy atom. The number of ether oxygens (including phenoxy) is 1. The van der Waals surface area contributed by atoms with Gasteiger partial charge in [-0.25, -0.2) is 13.8 Å². The SMILES string of the molecule is COc1ccccc1N=C1NC(=O)C(CC(=O)Cc2cc(C(C)(F)F)cc(C(F)(F)F)c2)S1. The predicted molar refractivity (Wildman–Crippen MR) is 114 cm³/mol. The molecule has 1 aliphatic rings. The van der Waals surface area contributed by atoms with Crippen LogP contribution >= 0.6 is 11.8 Å². The van der Waals surface area contributed by atoms with Crippen molar-refractivity contribution in [3.8, 4) is 5.75 Å². The van der Waals surface area contributed by atoms with Gasteiger partial charge in [0.1, 0.15) is 17.2 Å². The zero-order valence-electron chi connectivity index (χ0n) is 17.5. The van der Waals surface area contributed by atoms with E-state index in [9.17, 15) is 31.5 Å². The van der Waals surface area contributed by atoms with Crippen LogP contribution in [-0.4, -0.2) is 29.2 Å². The van der Waals surface area contributed by atoms with E-state index in [1.165, 1.54) is 7.11 Å². The Labute approximate surface area is 190 Å². The number of nitrogens with one attached hydrogen (secondary N) is 1. The number of hydrogen-bond donors (Lipinski definition) is 1. The second kappa shape index (κ2) is 9.50. The number of carbonyl (C=O) groups excluding carboxylic acids is 2. The fourth-order valence-corrected chi connectivity index (χ4v) is 4.16. The molecule has 1 N–H and O–H groups in total. The number of amidine groups is 1. The number of halogens is 5. The molecule has 2 aromatic rings. The topological polar surface area (TPSA) is 67.8 Å². The molecular formula is C22H19F5N2O3S. The molecule has 1 unspecified atom stereocenters. The number of ketones is 1. The maximum atomic E-state index is 13.7. The summed E-state index contributed by atoms with van der Waals surface area (Å²) >= 11 is 0.999. The summed E-state index contributed by atoms with van der Waals surface area (Å²) in [5, 5.41) is 1.95. The first-order valence-electron chi connectivity index (χ1n) is 9.67. The van der Waals surface area contributed by atoms with Gasteiger partial charge >= 0.3 is 6.18 Å². The van der Waals surface area contributed by atoms with Crippen molar-refractivity contribution >= 4 is 34.3 Å². The van der Waals surface area contributed by atoms with Crippen molar-refractivity contribution in [2.24, 2.45) is 4.99 Å². The molecule has 1 saturated heterocycles.